The van der Waals surface area contributed by atoms with Crippen LogP contribution in [0.15, 0.2) is 0 Å². The van der Waals surface area contributed by atoms with Crippen molar-refractivity contribution >= 4 is 5.97 Å². The van der Waals surface area contributed by atoms with Crippen LogP contribution < -0.4 is 4.74 Å². The van der Waals surface area contributed by atoms with E-state index in [-0.39, 0.29) is 6.61 Å². The summed E-state index contributed by atoms with van der Waals surface area (Å²) in [5.41, 5.74) is 0. The van der Waals surface area contributed by atoms with Crippen LogP contribution in [0, 0.1) is 29.4 Å². The minimum absolute atomic E-state index is 0.156. The molecule has 1 fully saturated rings. The third-order valence-corrected chi connectivity index (χ3v) is 3.52. The Balaban J connectivity index is 2.26. The number of aromatic nitrogens is 1. The molecule has 0 spiro atoms. The summed E-state index contributed by atoms with van der Waals surface area (Å²) in [6.45, 7) is 1.78. The van der Waals surface area contributed by atoms with E-state index in [1.165, 1.54) is 0 Å². The lowest BCUT2D eigenvalue weighted by molar-refractivity contribution is -0.153. The Kier molecular flexibility index (Phi) is 5.20. The van der Waals surface area contributed by atoms with Crippen LogP contribution in [0.5, 0.6) is 5.75 Å². The molecule has 1 saturated carbocycles. The molecule has 8 heteroatoms. The zero-order chi connectivity index (χ0) is 16.3. The first-order chi connectivity index (χ1) is 10.5. The van der Waals surface area contributed by atoms with Crippen LogP contribution >= 0.6 is 0 Å². The number of pyridine rings is 1. The van der Waals surface area contributed by atoms with Gasteiger partial charge in [0.1, 0.15) is 6.10 Å². The van der Waals surface area contributed by atoms with E-state index in [0.717, 1.165) is 6.42 Å². The summed E-state index contributed by atoms with van der Waals surface area (Å²) in [7, 11) is 0. The molecule has 2 unspecified atom stereocenters. The maximum absolute atomic E-state index is 13.6. The maximum Gasteiger partial charge on any atom is 0.312 e. The lowest BCUT2D eigenvalue weighted by atomic mass is 9.86. The summed E-state index contributed by atoms with van der Waals surface area (Å²) in [5.74, 6) is -9.49. The largest absolute Gasteiger partial charge is 0.483 e. The summed E-state index contributed by atoms with van der Waals surface area (Å²) in [6, 6.07) is 0. The van der Waals surface area contributed by atoms with E-state index in [0.29, 0.717) is 19.3 Å². The molecule has 0 radical (unpaired) electrons. The number of carbonyl (C=O) groups is 1. The fourth-order valence-corrected chi connectivity index (χ4v) is 2.48. The normalized spacial score (nSPS) is 21.5. The molecule has 1 aliphatic rings. The van der Waals surface area contributed by atoms with Gasteiger partial charge >= 0.3 is 5.97 Å². The summed E-state index contributed by atoms with van der Waals surface area (Å²) in [6.07, 6.45) is 1.24. The number of hydrogen-bond donors (Lipinski definition) is 0. The number of nitrogens with zero attached hydrogens (tertiary/aromatic N) is 1. The van der Waals surface area contributed by atoms with Crippen molar-refractivity contribution in [2.45, 2.75) is 38.7 Å². The van der Waals surface area contributed by atoms with E-state index in [1.807, 2.05) is 0 Å². The van der Waals surface area contributed by atoms with Crippen molar-refractivity contribution in [1.29, 1.82) is 0 Å². The van der Waals surface area contributed by atoms with Crippen LogP contribution in [0.3, 0.4) is 0 Å². The van der Waals surface area contributed by atoms with Gasteiger partial charge in [-0.25, -0.2) is 0 Å². The molecule has 2 atom stereocenters. The van der Waals surface area contributed by atoms with Crippen LogP contribution in [-0.4, -0.2) is 23.7 Å². The Morgan fingerprint density at radius 2 is 1.73 bits per heavy atom. The van der Waals surface area contributed by atoms with Crippen LogP contribution in [0.25, 0.3) is 0 Å². The summed E-state index contributed by atoms with van der Waals surface area (Å²) < 4.78 is 63.3. The lowest BCUT2D eigenvalue weighted by Gasteiger charge is -2.30. The fourth-order valence-electron chi connectivity index (χ4n) is 2.48. The van der Waals surface area contributed by atoms with E-state index >= 15 is 0 Å². The van der Waals surface area contributed by atoms with Crippen molar-refractivity contribution in [3.05, 3.63) is 23.5 Å². The van der Waals surface area contributed by atoms with Gasteiger partial charge in [0.25, 0.3) is 11.9 Å². The average molecular weight is 321 g/mol. The van der Waals surface area contributed by atoms with Gasteiger partial charge in [0, 0.05) is 0 Å². The molecule has 1 heterocycles. The second-order valence-corrected chi connectivity index (χ2v) is 4.95. The first-order valence-electron chi connectivity index (χ1n) is 6.99. The minimum atomic E-state index is -1.79. The zero-order valence-electron chi connectivity index (χ0n) is 11.9. The topological polar surface area (TPSA) is 48.4 Å². The minimum Gasteiger partial charge on any atom is -0.483 e. The molecule has 0 aromatic carbocycles. The van der Waals surface area contributed by atoms with Crippen LogP contribution in [-0.2, 0) is 9.53 Å². The van der Waals surface area contributed by atoms with Crippen molar-refractivity contribution in [2.24, 2.45) is 5.92 Å². The van der Waals surface area contributed by atoms with Crippen LogP contribution in [0.1, 0.15) is 32.6 Å². The van der Waals surface area contributed by atoms with Crippen LogP contribution in [0.2, 0.25) is 0 Å². The van der Waals surface area contributed by atoms with Gasteiger partial charge in [-0.2, -0.15) is 22.5 Å². The van der Waals surface area contributed by atoms with Gasteiger partial charge in [0.05, 0.1) is 12.5 Å². The third kappa shape index (κ3) is 3.31. The summed E-state index contributed by atoms with van der Waals surface area (Å²) in [5, 5.41) is 0. The van der Waals surface area contributed by atoms with Crippen molar-refractivity contribution in [3.8, 4) is 5.75 Å². The highest BCUT2D eigenvalue weighted by Crippen LogP contribution is 2.32. The highest BCUT2D eigenvalue weighted by molar-refractivity contribution is 5.73. The predicted molar refractivity (Wildman–Crippen MR) is 67.1 cm³/mol. The SMILES string of the molecule is CCOC(=O)C1CCCCC1Oc1c(F)c(F)nc(F)c1F. The molecule has 0 aliphatic heterocycles. The molecule has 0 bridgehead atoms. The van der Waals surface area contributed by atoms with Crippen molar-refractivity contribution < 1.29 is 31.8 Å². The highest BCUT2D eigenvalue weighted by Gasteiger charge is 2.36. The smallest absolute Gasteiger partial charge is 0.312 e. The Morgan fingerprint density at radius 3 is 2.32 bits per heavy atom. The molecule has 4 nitrogen and oxygen atoms in total. The lowest BCUT2D eigenvalue weighted by Crippen LogP contribution is -2.37. The summed E-state index contributed by atoms with van der Waals surface area (Å²) >= 11 is 0. The molecule has 22 heavy (non-hydrogen) atoms. The summed E-state index contributed by atoms with van der Waals surface area (Å²) in [4.78, 5) is 14.3. The first-order valence-corrected chi connectivity index (χ1v) is 6.99. The monoisotopic (exact) mass is 321 g/mol. The standard InChI is InChI=1S/C14H15F4NO3/c1-2-21-14(20)7-5-3-4-6-8(7)22-11-9(15)12(17)19-13(18)10(11)16/h7-8H,2-6H2,1H3. The average Bonchev–Trinajstić information content (AvgIpc) is 2.50. The number of ether oxygens (including phenoxy) is 2. The van der Waals surface area contributed by atoms with E-state index in [1.54, 1.807) is 6.92 Å². The second-order valence-electron chi connectivity index (χ2n) is 4.95. The van der Waals surface area contributed by atoms with E-state index < -0.39 is 47.3 Å². The molecular formula is C14H15F4NO3. The number of esters is 1. The zero-order valence-corrected chi connectivity index (χ0v) is 11.9. The maximum atomic E-state index is 13.6. The third-order valence-electron chi connectivity index (χ3n) is 3.52. The van der Waals surface area contributed by atoms with Gasteiger partial charge in [-0.15, -0.1) is 0 Å². The van der Waals surface area contributed by atoms with Crippen LogP contribution in [0.4, 0.5) is 17.6 Å². The molecule has 0 saturated heterocycles. The fraction of sp³-hybridized carbons (Fsp3) is 0.571. The molecule has 0 N–H and O–H groups in total. The van der Waals surface area contributed by atoms with Gasteiger partial charge in [-0.3, -0.25) is 4.79 Å². The number of halogens is 4. The first kappa shape index (κ1) is 16.5. The Hall–Kier alpha value is -1.86. The molecule has 0 amide bonds. The number of rotatable bonds is 4. The van der Waals surface area contributed by atoms with E-state index in [9.17, 15) is 22.4 Å². The predicted octanol–water partition coefficient (Wildman–Crippen LogP) is 3.14. The number of carbonyl (C=O) groups excluding carboxylic acids is 1. The highest BCUT2D eigenvalue weighted by atomic mass is 19.2. The number of hydrogen-bond acceptors (Lipinski definition) is 4. The Bertz CT molecular complexity index is 541. The van der Waals surface area contributed by atoms with Gasteiger partial charge in [-0.05, 0) is 26.2 Å². The Morgan fingerprint density at radius 1 is 1.14 bits per heavy atom. The molecule has 2 rings (SSSR count). The van der Waals surface area contributed by atoms with Gasteiger partial charge < -0.3 is 9.47 Å². The Labute approximate surface area is 124 Å². The van der Waals surface area contributed by atoms with Crippen molar-refractivity contribution in [1.82, 2.24) is 4.98 Å². The molecule has 1 aromatic rings. The van der Waals surface area contributed by atoms with Gasteiger partial charge in [0.15, 0.2) is 0 Å². The second kappa shape index (κ2) is 6.93. The molecule has 122 valence electrons. The molecule has 1 aliphatic carbocycles. The van der Waals surface area contributed by atoms with Crippen molar-refractivity contribution in [2.75, 3.05) is 6.61 Å². The van der Waals surface area contributed by atoms with E-state index in [4.69, 9.17) is 9.47 Å². The quantitative estimate of drug-likeness (QED) is 0.486. The van der Waals surface area contributed by atoms with Gasteiger partial charge in [0.2, 0.25) is 17.4 Å². The van der Waals surface area contributed by atoms with Crippen molar-refractivity contribution in [3.63, 3.8) is 0 Å². The molecular weight excluding hydrogens is 306 g/mol. The van der Waals surface area contributed by atoms with Gasteiger partial charge in [-0.1, -0.05) is 6.42 Å². The molecule has 1 aromatic heterocycles. The van der Waals surface area contributed by atoms with E-state index in [2.05, 4.69) is 4.98 Å².